The van der Waals surface area contributed by atoms with Gasteiger partial charge in [0, 0.05) is 30.2 Å². The van der Waals surface area contributed by atoms with Crippen LogP contribution in [0.1, 0.15) is 23.9 Å². The molecule has 2 rings (SSSR count). The molecule has 0 spiro atoms. The number of hydrogen-bond donors (Lipinski definition) is 1. The molecule has 0 fully saturated rings. The van der Waals surface area contributed by atoms with E-state index in [1.54, 1.807) is 4.68 Å². The quantitative estimate of drug-likeness (QED) is 0.864. The minimum Gasteiger partial charge on any atom is -0.313 e. The first-order valence-corrected chi connectivity index (χ1v) is 5.76. The molecule has 0 unspecified atom stereocenters. The first-order valence-electron chi connectivity index (χ1n) is 5.76. The minimum absolute atomic E-state index is 0.621. The maximum atomic E-state index is 4.46. The van der Waals surface area contributed by atoms with Crippen molar-refractivity contribution >= 4 is 0 Å². The second-order valence-electron chi connectivity index (χ2n) is 3.96. The van der Waals surface area contributed by atoms with E-state index in [-0.39, 0.29) is 0 Å². The lowest BCUT2D eigenvalue weighted by molar-refractivity contribution is 0.708. The van der Waals surface area contributed by atoms with Crippen molar-refractivity contribution in [1.29, 1.82) is 0 Å². The lowest BCUT2D eigenvalue weighted by Crippen LogP contribution is -2.14. The predicted molar refractivity (Wildman–Crippen MR) is 66.0 cm³/mol. The van der Waals surface area contributed by atoms with Crippen LogP contribution in [0.15, 0.2) is 18.5 Å². The summed E-state index contributed by atoms with van der Waals surface area (Å²) in [5.41, 5.74) is 3.08. The molecule has 2 heterocycles. The summed E-state index contributed by atoms with van der Waals surface area (Å²) in [6.07, 6.45) is 3.73. The zero-order valence-corrected chi connectivity index (χ0v) is 10.4. The van der Waals surface area contributed by atoms with Crippen molar-refractivity contribution in [2.45, 2.75) is 27.3 Å². The van der Waals surface area contributed by atoms with E-state index in [4.69, 9.17) is 0 Å². The molecule has 5 nitrogen and oxygen atoms in total. The topological polar surface area (TPSA) is 55.6 Å². The van der Waals surface area contributed by atoms with Gasteiger partial charge in [0.1, 0.15) is 0 Å². The SMILES string of the molecule is CCNCc1cnc(-n2ccc(C)n2)nc1C. The van der Waals surface area contributed by atoms with Crippen LogP contribution in [0.25, 0.3) is 5.95 Å². The van der Waals surface area contributed by atoms with E-state index in [0.29, 0.717) is 5.95 Å². The highest BCUT2D eigenvalue weighted by molar-refractivity contribution is 5.21. The normalized spacial score (nSPS) is 10.8. The molecule has 0 bridgehead atoms. The van der Waals surface area contributed by atoms with E-state index < -0.39 is 0 Å². The van der Waals surface area contributed by atoms with Crippen LogP contribution in [0.5, 0.6) is 0 Å². The Morgan fingerprint density at radius 3 is 2.76 bits per heavy atom. The van der Waals surface area contributed by atoms with Gasteiger partial charge in [-0.3, -0.25) is 0 Å². The van der Waals surface area contributed by atoms with Crippen LogP contribution in [-0.2, 0) is 6.54 Å². The average Bonchev–Trinajstić information content (AvgIpc) is 2.74. The molecule has 5 heteroatoms. The fourth-order valence-electron chi connectivity index (χ4n) is 1.55. The summed E-state index contributed by atoms with van der Waals surface area (Å²) >= 11 is 0. The van der Waals surface area contributed by atoms with Crippen LogP contribution in [0.3, 0.4) is 0 Å². The van der Waals surface area contributed by atoms with Crippen molar-refractivity contribution in [2.24, 2.45) is 0 Å². The monoisotopic (exact) mass is 231 g/mol. The Balaban J connectivity index is 2.24. The highest BCUT2D eigenvalue weighted by Gasteiger charge is 2.05. The van der Waals surface area contributed by atoms with E-state index >= 15 is 0 Å². The van der Waals surface area contributed by atoms with Gasteiger partial charge in [-0.15, -0.1) is 0 Å². The molecule has 0 radical (unpaired) electrons. The van der Waals surface area contributed by atoms with Crippen molar-refractivity contribution < 1.29 is 0 Å². The van der Waals surface area contributed by atoms with E-state index in [2.05, 4.69) is 27.3 Å². The number of nitrogens with zero attached hydrogens (tertiary/aromatic N) is 4. The number of rotatable bonds is 4. The summed E-state index contributed by atoms with van der Waals surface area (Å²) in [5.74, 6) is 0.621. The van der Waals surface area contributed by atoms with Crippen molar-refractivity contribution in [3.8, 4) is 5.95 Å². The summed E-state index contributed by atoms with van der Waals surface area (Å²) < 4.78 is 1.69. The van der Waals surface area contributed by atoms with Gasteiger partial charge in [-0.1, -0.05) is 6.92 Å². The molecule has 1 N–H and O–H groups in total. The smallest absolute Gasteiger partial charge is 0.250 e. The third-order valence-electron chi connectivity index (χ3n) is 2.56. The maximum Gasteiger partial charge on any atom is 0.250 e. The molecule has 90 valence electrons. The summed E-state index contributed by atoms with van der Waals surface area (Å²) in [7, 11) is 0. The van der Waals surface area contributed by atoms with E-state index in [0.717, 1.165) is 30.0 Å². The van der Waals surface area contributed by atoms with Crippen molar-refractivity contribution in [3.63, 3.8) is 0 Å². The largest absolute Gasteiger partial charge is 0.313 e. The molecule has 2 aromatic heterocycles. The molecule has 0 amide bonds. The predicted octanol–water partition coefficient (Wildman–Crippen LogP) is 1.39. The number of aromatic nitrogens is 4. The van der Waals surface area contributed by atoms with Gasteiger partial charge in [-0.25, -0.2) is 14.6 Å². The molecular weight excluding hydrogens is 214 g/mol. The van der Waals surface area contributed by atoms with Crippen LogP contribution in [0.2, 0.25) is 0 Å². The summed E-state index contributed by atoms with van der Waals surface area (Å²) in [4.78, 5) is 8.78. The van der Waals surface area contributed by atoms with Gasteiger partial charge in [0.25, 0.3) is 5.95 Å². The van der Waals surface area contributed by atoms with Crippen molar-refractivity contribution in [2.75, 3.05) is 6.54 Å². The van der Waals surface area contributed by atoms with Gasteiger partial charge in [-0.2, -0.15) is 5.10 Å². The molecule has 2 aromatic rings. The highest BCUT2D eigenvalue weighted by Crippen LogP contribution is 2.07. The van der Waals surface area contributed by atoms with Crippen molar-refractivity contribution in [1.82, 2.24) is 25.1 Å². The number of aryl methyl sites for hydroxylation is 2. The van der Waals surface area contributed by atoms with Gasteiger partial charge in [0.05, 0.1) is 5.69 Å². The van der Waals surface area contributed by atoms with Gasteiger partial charge in [0.15, 0.2) is 0 Å². The Morgan fingerprint density at radius 1 is 1.35 bits per heavy atom. The molecule has 0 aliphatic carbocycles. The second kappa shape index (κ2) is 5.05. The third kappa shape index (κ3) is 2.68. The fourth-order valence-corrected chi connectivity index (χ4v) is 1.55. The Labute approximate surface area is 101 Å². The average molecular weight is 231 g/mol. The Morgan fingerprint density at radius 2 is 2.18 bits per heavy atom. The van der Waals surface area contributed by atoms with E-state index in [1.807, 2.05) is 32.3 Å². The highest BCUT2D eigenvalue weighted by atomic mass is 15.3. The number of hydrogen-bond acceptors (Lipinski definition) is 4. The van der Waals surface area contributed by atoms with Gasteiger partial charge in [-0.05, 0) is 26.5 Å². The standard InChI is InChI=1S/C12H17N5/c1-4-13-7-11-8-14-12(15-10(11)3)17-6-5-9(2)16-17/h5-6,8,13H,4,7H2,1-3H3. The summed E-state index contributed by atoms with van der Waals surface area (Å²) in [6.45, 7) is 7.77. The Hall–Kier alpha value is -1.75. The second-order valence-corrected chi connectivity index (χ2v) is 3.96. The lowest BCUT2D eigenvalue weighted by atomic mass is 10.2. The zero-order valence-electron chi connectivity index (χ0n) is 10.4. The van der Waals surface area contributed by atoms with Crippen LogP contribution < -0.4 is 5.32 Å². The fraction of sp³-hybridized carbons (Fsp3) is 0.417. The zero-order chi connectivity index (χ0) is 12.3. The van der Waals surface area contributed by atoms with Gasteiger partial charge in [0.2, 0.25) is 0 Å². The molecule has 0 aliphatic heterocycles. The number of nitrogens with one attached hydrogen (secondary N) is 1. The first-order chi connectivity index (χ1) is 8.20. The Bertz CT molecular complexity index is 503. The van der Waals surface area contributed by atoms with E-state index in [1.165, 1.54) is 0 Å². The summed E-state index contributed by atoms with van der Waals surface area (Å²) in [6, 6.07) is 1.94. The van der Waals surface area contributed by atoms with Crippen LogP contribution in [0.4, 0.5) is 0 Å². The van der Waals surface area contributed by atoms with E-state index in [9.17, 15) is 0 Å². The molecule has 0 saturated carbocycles. The molecule has 0 aliphatic rings. The molecule has 0 atom stereocenters. The van der Waals surface area contributed by atoms with Gasteiger partial charge >= 0.3 is 0 Å². The molecule has 0 saturated heterocycles. The first kappa shape index (κ1) is 11.7. The maximum absolute atomic E-state index is 4.46. The van der Waals surface area contributed by atoms with Crippen LogP contribution in [-0.4, -0.2) is 26.3 Å². The third-order valence-corrected chi connectivity index (χ3v) is 2.56. The lowest BCUT2D eigenvalue weighted by Gasteiger charge is -2.07. The summed E-state index contributed by atoms with van der Waals surface area (Å²) in [5, 5.41) is 7.56. The van der Waals surface area contributed by atoms with Crippen molar-refractivity contribution in [3.05, 3.63) is 35.4 Å². The minimum atomic E-state index is 0.621. The molecule has 0 aromatic carbocycles. The van der Waals surface area contributed by atoms with Crippen LogP contribution in [0, 0.1) is 13.8 Å². The molecule has 17 heavy (non-hydrogen) atoms. The molecular formula is C12H17N5. The Kier molecular flexibility index (Phi) is 3.49. The van der Waals surface area contributed by atoms with Crippen LogP contribution >= 0.6 is 0 Å². The van der Waals surface area contributed by atoms with Gasteiger partial charge < -0.3 is 5.32 Å².